The van der Waals surface area contributed by atoms with Crippen molar-refractivity contribution in [1.82, 2.24) is 31.5 Å². The van der Waals surface area contributed by atoms with Gasteiger partial charge in [-0.25, -0.2) is 4.79 Å². The van der Waals surface area contributed by atoms with Gasteiger partial charge in [0.2, 0.25) is 17.7 Å². The number of nitrogens with zero attached hydrogens (tertiary/aromatic N) is 1. The van der Waals surface area contributed by atoms with Crippen LogP contribution in [-0.4, -0.2) is 101 Å². The quantitative estimate of drug-likeness (QED) is 0.190. The first-order chi connectivity index (χ1) is 16.7. The normalized spacial score (nSPS) is 32.9. The molecule has 0 radical (unpaired) electrons. The molecule has 4 aliphatic heterocycles. The van der Waals surface area contributed by atoms with Crippen molar-refractivity contribution in [3.05, 3.63) is 10.6 Å². The van der Waals surface area contributed by atoms with Crippen LogP contribution in [0.1, 0.15) is 20.3 Å². The molecule has 7 atom stereocenters. The van der Waals surface area contributed by atoms with Crippen molar-refractivity contribution in [1.29, 1.82) is 0 Å². The Morgan fingerprint density at radius 3 is 2.74 bits per heavy atom. The van der Waals surface area contributed by atoms with Crippen LogP contribution < -0.4 is 26.6 Å². The molecule has 0 spiro atoms. The summed E-state index contributed by atoms with van der Waals surface area (Å²) >= 11 is 3.23. The number of hydrogen-bond acceptors (Lipinski definition) is 9. The molecule has 3 fully saturated rings. The molecular weight excluding hydrogens is 492 g/mol. The van der Waals surface area contributed by atoms with Gasteiger partial charge in [-0.15, -0.1) is 23.5 Å². The van der Waals surface area contributed by atoms with Crippen LogP contribution in [0, 0.1) is 11.8 Å². The monoisotopic (exact) mass is 526 g/mol. The van der Waals surface area contributed by atoms with Crippen molar-refractivity contribution in [2.45, 2.75) is 49.7 Å². The first-order valence-electron chi connectivity index (χ1n) is 12.0. The van der Waals surface area contributed by atoms with Crippen LogP contribution in [-0.2, 0) is 19.2 Å². The summed E-state index contributed by atoms with van der Waals surface area (Å²) in [4.78, 5) is 51.5. The highest BCUT2D eigenvalue weighted by molar-refractivity contribution is 8.03. The molecule has 6 N–H and O–H groups in total. The third kappa shape index (κ3) is 5.33. The Bertz CT molecular complexity index is 911. The SMILES string of the molecule is CNCC(=O)N[C@H](C)[C@H]1C(=O)N2C(C(=O)O)=C(S[C@@H]3CN[C@H](CNC(=O)[C@@H]4CSCN4)C3)[C@H](C)[C@H]12. The number of nitrogens with one attached hydrogen (secondary N) is 5. The number of thioether (sulfide) groups is 2. The molecule has 3 saturated heterocycles. The van der Waals surface area contributed by atoms with E-state index in [0.29, 0.717) is 13.1 Å². The van der Waals surface area contributed by atoms with Crippen LogP contribution in [0.3, 0.4) is 0 Å². The second kappa shape index (κ2) is 11.1. The number of β-lactam (4-membered cyclic amide) rings is 1. The number of carbonyl (C=O) groups excluding carboxylic acids is 3. The average Bonchev–Trinajstić information content (AvgIpc) is 3.53. The number of likely N-dealkylation sites (N-methyl/N-ethyl adjacent to an activating group) is 1. The number of rotatable bonds is 10. The summed E-state index contributed by atoms with van der Waals surface area (Å²) < 4.78 is 0. The van der Waals surface area contributed by atoms with E-state index < -0.39 is 11.9 Å². The second-order valence-electron chi connectivity index (χ2n) is 9.52. The molecular formula is C22H34N6O5S2. The van der Waals surface area contributed by atoms with Gasteiger partial charge in [0.05, 0.1) is 24.5 Å². The maximum atomic E-state index is 13.0. The molecule has 0 saturated carbocycles. The molecule has 0 bridgehead atoms. The minimum Gasteiger partial charge on any atom is -0.477 e. The van der Waals surface area contributed by atoms with Gasteiger partial charge in [-0.05, 0) is 20.4 Å². The zero-order valence-electron chi connectivity index (χ0n) is 20.1. The number of carboxylic acids is 1. The summed E-state index contributed by atoms with van der Waals surface area (Å²) in [5.74, 6) is -0.559. The molecule has 0 aliphatic carbocycles. The van der Waals surface area contributed by atoms with E-state index in [2.05, 4.69) is 26.6 Å². The molecule has 194 valence electrons. The highest BCUT2D eigenvalue weighted by Gasteiger charge is 2.60. The molecule has 4 heterocycles. The second-order valence-corrected chi connectivity index (χ2v) is 11.9. The zero-order chi connectivity index (χ0) is 25.3. The number of amides is 3. The van der Waals surface area contributed by atoms with Crippen LogP contribution >= 0.6 is 23.5 Å². The molecule has 3 amide bonds. The number of fused-ring (bicyclic) bond motifs is 1. The lowest BCUT2D eigenvalue weighted by molar-refractivity contribution is -0.158. The van der Waals surface area contributed by atoms with Crippen molar-refractivity contribution in [3.63, 3.8) is 0 Å². The van der Waals surface area contributed by atoms with E-state index in [-0.39, 0.29) is 65.3 Å². The van der Waals surface area contributed by atoms with Gasteiger partial charge >= 0.3 is 5.97 Å². The van der Waals surface area contributed by atoms with E-state index >= 15 is 0 Å². The highest BCUT2D eigenvalue weighted by atomic mass is 32.2. The molecule has 13 heteroatoms. The molecule has 11 nitrogen and oxygen atoms in total. The fourth-order valence-electron chi connectivity index (χ4n) is 5.37. The third-order valence-corrected chi connectivity index (χ3v) is 9.54. The van der Waals surface area contributed by atoms with Gasteiger partial charge in [-0.1, -0.05) is 6.92 Å². The minimum atomic E-state index is -1.10. The Hall–Kier alpha value is -1.80. The number of carboxylic acid groups (broad SMARTS) is 1. The van der Waals surface area contributed by atoms with Gasteiger partial charge in [0.15, 0.2) is 0 Å². The smallest absolute Gasteiger partial charge is 0.353 e. The molecule has 0 aromatic carbocycles. The first-order valence-corrected chi connectivity index (χ1v) is 14.0. The Balaban J connectivity index is 1.36. The Labute approximate surface area is 213 Å². The van der Waals surface area contributed by atoms with Crippen LogP contribution in [0.2, 0.25) is 0 Å². The van der Waals surface area contributed by atoms with Crippen LogP contribution in [0.5, 0.6) is 0 Å². The average molecular weight is 527 g/mol. The van der Waals surface area contributed by atoms with Gasteiger partial charge in [0, 0.05) is 52.9 Å². The van der Waals surface area contributed by atoms with Crippen LogP contribution in [0.15, 0.2) is 10.6 Å². The van der Waals surface area contributed by atoms with Crippen molar-refractivity contribution >= 4 is 47.2 Å². The van der Waals surface area contributed by atoms with Crippen molar-refractivity contribution in [3.8, 4) is 0 Å². The number of aliphatic carboxylic acids is 1. The Kier molecular flexibility index (Phi) is 8.31. The number of hydrogen-bond donors (Lipinski definition) is 6. The maximum absolute atomic E-state index is 13.0. The van der Waals surface area contributed by atoms with Crippen LogP contribution in [0.25, 0.3) is 0 Å². The summed E-state index contributed by atoms with van der Waals surface area (Å²) in [6.07, 6.45) is 0.791. The van der Waals surface area contributed by atoms with Gasteiger partial charge in [-0.3, -0.25) is 19.7 Å². The van der Waals surface area contributed by atoms with Gasteiger partial charge in [0.25, 0.3) is 0 Å². The van der Waals surface area contributed by atoms with E-state index in [0.717, 1.165) is 23.0 Å². The largest absolute Gasteiger partial charge is 0.477 e. The Morgan fingerprint density at radius 2 is 2.09 bits per heavy atom. The lowest BCUT2D eigenvalue weighted by Crippen LogP contribution is -2.66. The van der Waals surface area contributed by atoms with E-state index in [1.54, 1.807) is 25.7 Å². The zero-order valence-corrected chi connectivity index (χ0v) is 21.8. The summed E-state index contributed by atoms with van der Waals surface area (Å²) in [5.41, 5.74) is 0.0732. The summed E-state index contributed by atoms with van der Waals surface area (Å²) in [6.45, 7) is 5.14. The Morgan fingerprint density at radius 1 is 1.31 bits per heavy atom. The fourth-order valence-corrected chi connectivity index (χ4v) is 7.83. The lowest BCUT2D eigenvalue weighted by atomic mass is 9.78. The van der Waals surface area contributed by atoms with Crippen molar-refractivity contribution in [2.75, 3.05) is 38.3 Å². The topological polar surface area (TPSA) is 152 Å². The summed E-state index contributed by atoms with van der Waals surface area (Å²) in [6, 6.07) is -0.693. The van der Waals surface area contributed by atoms with Gasteiger partial charge in [0.1, 0.15) is 5.70 Å². The first kappa shape index (κ1) is 26.3. The number of carbonyl (C=O) groups is 4. The van der Waals surface area contributed by atoms with Gasteiger partial charge < -0.3 is 31.3 Å². The van der Waals surface area contributed by atoms with E-state index in [1.807, 2.05) is 6.92 Å². The van der Waals surface area contributed by atoms with E-state index in [1.165, 1.54) is 16.7 Å². The van der Waals surface area contributed by atoms with Crippen molar-refractivity contribution in [2.24, 2.45) is 11.8 Å². The molecule has 4 aliphatic rings. The summed E-state index contributed by atoms with van der Waals surface area (Å²) in [7, 11) is 1.68. The van der Waals surface area contributed by atoms with Gasteiger partial charge in [-0.2, -0.15) is 0 Å². The highest BCUT2D eigenvalue weighted by Crippen LogP contribution is 2.51. The minimum absolute atomic E-state index is 0.0121. The fraction of sp³-hybridized carbons (Fsp3) is 0.727. The van der Waals surface area contributed by atoms with E-state index in [4.69, 9.17) is 0 Å². The summed E-state index contributed by atoms with van der Waals surface area (Å²) in [5, 5.41) is 25.3. The van der Waals surface area contributed by atoms with Crippen LogP contribution in [0.4, 0.5) is 0 Å². The molecule has 0 aromatic heterocycles. The predicted molar refractivity (Wildman–Crippen MR) is 135 cm³/mol. The standard InChI is InChI=1S/C22H34N6O5S2/c1-10-17-16(11(2)27-15(29)7-23-3)21(31)28(17)18(22(32)33)19(10)35-13-4-12(24-6-13)5-25-20(30)14-8-34-9-26-14/h10-14,16-17,23-24,26H,4-9H2,1-3H3,(H,25,30)(H,27,29)(H,32,33)/t10-,11-,12+,13+,14+,16-,17-/m1/s1. The molecule has 4 rings (SSSR count). The molecule has 0 unspecified atom stereocenters. The maximum Gasteiger partial charge on any atom is 0.353 e. The third-order valence-electron chi connectivity index (χ3n) is 7.09. The molecule has 0 aromatic rings. The van der Waals surface area contributed by atoms with Crippen molar-refractivity contribution < 1.29 is 24.3 Å². The predicted octanol–water partition coefficient (Wildman–Crippen LogP) is -1.27. The van der Waals surface area contributed by atoms with E-state index in [9.17, 15) is 24.3 Å². The molecule has 35 heavy (non-hydrogen) atoms. The lowest BCUT2D eigenvalue weighted by Gasteiger charge is -2.47.